The molecule has 1 aliphatic carbocycles. The van der Waals surface area contributed by atoms with Crippen molar-refractivity contribution in [1.82, 2.24) is 0 Å². The van der Waals surface area contributed by atoms with Crippen LogP contribution in [0.5, 0.6) is 0 Å². The topological polar surface area (TPSA) is 278 Å². The number of benzene rings is 4. The second kappa shape index (κ2) is 12.5. The highest BCUT2D eigenvalue weighted by Crippen LogP contribution is 2.41. The Hall–Kier alpha value is -5.82. The number of nitrogens with zero attached hydrogens (tertiary/aromatic N) is 5. The first-order chi connectivity index (χ1) is 22.1. The van der Waals surface area contributed by atoms with Crippen LogP contribution in [0.1, 0.15) is 21.5 Å². The van der Waals surface area contributed by atoms with Crippen LogP contribution < -0.4 is 22.6 Å². The zero-order chi connectivity index (χ0) is 34.1. The highest BCUT2D eigenvalue weighted by molar-refractivity contribution is 7.91. The van der Waals surface area contributed by atoms with Gasteiger partial charge in [0.05, 0.1) is 34.0 Å². The number of aryl methyl sites for hydroxylation is 1. The Morgan fingerprint density at radius 1 is 0.745 bits per heavy atom. The number of nitrogen functional groups attached to an aromatic ring is 3. The number of para-hydroxylation sites is 1. The van der Waals surface area contributed by atoms with E-state index in [-0.39, 0.29) is 16.8 Å². The zero-order valence-electron chi connectivity index (χ0n) is 24.2. The lowest BCUT2D eigenvalue weighted by Gasteiger charge is -2.20. The Morgan fingerprint density at radius 2 is 1.36 bits per heavy atom. The second-order valence-electron chi connectivity index (χ2n) is 10.0. The number of hydrazone groups is 1. The third-order valence-electron chi connectivity index (χ3n) is 6.73. The molecule has 0 saturated heterocycles. The molecule has 9 N–H and O–H groups in total. The maximum Gasteiger partial charge on any atom is 0.296 e. The lowest BCUT2D eigenvalue weighted by molar-refractivity contribution is 0.106. The van der Waals surface area contributed by atoms with E-state index in [1.807, 2.05) is 0 Å². The quantitative estimate of drug-likeness (QED) is 0.0569. The third kappa shape index (κ3) is 7.05. The van der Waals surface area contributed by atoms with Crippen molar-refractivity contribution in [3.8, 4) is 0 Å². The van der Waals surface area contributed by atoms with E-state index in [1.165, 1.54) is 24.3 Å². The molecule has 0 aromatic heterocycles. The highest BCUT2D eigenvalue weighted by Gasteiger charge is 2.37. The van der Waals surface area contributed by atoms with Gasteiger partial charge >= 0.3 is 0 Å². The van der Waals surface area contributed by atoms with E-state index < -0.39 is 52.9 Å². The number of carbonyl (C=O) groups is 1. The van der Waals surface area contributed by atoms with Gasteiger partial charge in [-0.15, -0.1) is 10.2 Å². The molecule has 0 aliphatic heterocycles. The molecule has 0 saturated carbocycles. The van der Waals surface area contributed by atoms with Crippen LogP contribution in [0.15, 0.2) is 108 Å². The largest absolute Gasteiger partial charge is 0.398 e. The van der Waals surface area contributed by atoms with Crippen molar-refractivity contribution < 1.29 is 30.7 Å². The van der Waals surface area contributed by atoms with E-state index in [4.69, 9.17) is 17.2 Å². The molecule has 18 heteroatoms. The number of Topliss-reactive ketones (excluding diaryl/α,β-unsaturated/α-hetero) is 1. The molecule has 4 aromatic rings. The number of carbonyl (C=O) groups excluding carboxylic acids is 1. The molecule has 0 fully saturated rings. The van der Waals surface area contributed by atoms with Crippen molar-refractivity contribution >= 4 is 83.3 Å². The fourth-order valence-corrected chi connectivity index (χ4v) is 5.68. The molecule has 0 unspecified atom stereocenters. The molecular weight excluding hydrogens is 651 g/mol. The molecule has 240 valence electrons. The molecule has 0 bridgehead atoms. The summed E-state index contributed by atoms with van der Waals surface area (Å²) in [4.78, 5) is 11.8. The molecule has 16 nitrogen and oxygen atoms in total. The summed E-state index contributed by atoms with van der Waals surface area (Å²) < 4.78 is 68.9. The van der Waals surface area contributed by atoms with Gasteiger partial charge in [0.25, 0.3) is 20.2 Å². The first-order valence-corrected chi connectivity index (χ1v) is 16.2. The van der Waals surface area contributed by atoms with E-state index in [0.717, 1.165) is 17.7 Å². The van der Waals surface area contributed by atoms with Crippen molar-refractivity contribution in [3.05, 3.63) is 94.4 Å². The van der Waals surface area contributed by atoms with Gasteiger partial charge < -0.3 is 17.2 Å². The predicted octanol–water partition coefficient (Wildman–Crippen LogP) is 5.71. The summed E-state index contributed by atoms with van der Waals surface area (Å²) in [6.07, 6.45) is 0.802. The Morgan fingerprint density at radius 3 is 1.96 bits per heavy atom. The number of hydrogen-bond donors (Lipinski definition) is 6. The van der Waals surface area contributed by atoms with Crippen LogP contribution >= 0.6 is 0 Å². The Kier molecular flexibility index (Phi) is 8.68. The molecule has 0 heterocycles. The predicted molar refractivity (Wildman–Crippen MR) is 177 cm³/mol. The lowest BCUT2D eigenvalue weighted by atomic mass is 9.92. The first-order valence-electron chi connectivity index (χ1n) is 13.3. The highest BCUT2D eigenvalue weighted by atomic mass is 32.2. The summed E-state index contributed by atoms with van der Waals surface area (Å²) in [5.41, 5.74) is 21.0. The third-order valence-corrected chi connectivity index (χ3v) is 8.46. The maximum atomic E-state index is 13.6. The van der Waals surface area contributed by atoms with Gasteiger partial charge in [-0.25, -0.2) is 0 Å². The average Bonchev–Trinajstić information content (AvgIpc) is 3.01. The summed E-state index contributed by atoms with van der Waals surface area (Å²) in [7, 11) is -10.1. The number of nitrogens with two attached hydrogens (primary N) is 3. The van der Waals surface area contributed by atoms with Crippen molar-refractivity contribution in [3.63, 3.8) is 0 Å². The Balaban J connectivity index is 1.53. The van der Waals surface area contributed by atoms with Gasteiger partial charge in [-0.3, -0.25) is 19.3 Å². The zero-order valence-corrected chi connectivity index (χ0v) is 25.9. The molecule has 0 spiro atoms. The summed E-state index contributed by atoms with van der Waals surface area (Å²) in [6.45, 7) is 1.80. The molecule has 47 heavy (non-hydrogen) atoms. The minimum Gasteiger partial charge on any atom is -0.398 e. The number of nitrogens with one attached hydrogen (secondary N) is 1. The van der Waals surface area contributed by atoms with E-state index in [2.05, 4.69) is 31.0 Å². The number of allylic oxidation sites excluding steroid dienone is 1. The molecular formula is C29H25N9O7S2. The van der Waals surface area contributed by atoms with Crippen molar-refractivity contribution in [2.75, 3.05) is 22.6 Å². The number of anilines is 4. The summed E-state index contributed by atoms with van der Waals surface area (Å²) in [5, 5.41) is 20.0. The van der Waals surface area contributed by atoms with Gasteiger partial charge in [-0.2, -0.15) is 32.2 Å². The van der Waals surface area contributed by atoms with Crippen LogP contribution in [-0.4, -0.2) is 37.4 Å². The fourth-order valence-electron chi connectivity index (χ4n) is 4.35. The number of ketones is 1. The van der Waals surface area contributed by atoms with E-state index >= 15 is 0 Å². The van der Waals surface area contributed by atoms with Crippen molar-refractivity contribution in [2.45, 2.75) is 11.8 Å². The van der Waals surface area contributed by atoms with E-state index in [1.54, 1.807) is 49.4 Å². The molecule has 5 rings (SSSR count). The SMILES string of the molecule is Cc1cc(N=Nc2ccc(N=Nc3c(S(=O)(=O)O)cc4c(c3N)C(=O)C(=NNc3ccccc3)C(S(=O)(=O)O)=C4)cc2)c(N)cc1N. The van der Waals surface area contributed by atoms with Gasteiger partial charge in [-0.1, -0.05) is 18.2 Å². The van der Waals surface area contributed by atoms with Crippen LogP contribution in [0.4, 0.5) is 45.5 Å². The minimum atomic E-state index is -5.05. The van der Waals surface area contributed by atoms with Crippen LogP contribution in [0.3, 0.4) is 0 Å². The standard InChI is InChI=1S/C29H25N9O7S2/c1-15-11-22(21(31)14-20(15)30)36-33-18-7-9-19(10-8-18)35-37-27-23(46(40,41)42)12-16-13-24(47(43,44)45)28(29(39)25(16)26(27)32)38-34-17-5-3-2-4-6-17/h2-14,34H,30-32H2,1H3,(H,40,41,42)(H,43,44,45). The van der Waals surface area contributed by atoms with Crippen LogP contribution in [0.25, 0.3) is 6.08 Å². The monoisotopic (exact) mass is 675 g/mol. The van der Waals surface area contributed by atoms with Crippen LogP contribution in [0, 0.1) is 6.92 Å². The van der Waals surface area contributed by atoms with Crippen molar-refractivity contribution in [1.29, 1.82) is 0 Å². The van der Waals surface area contributed by atoms with Crippen LogP contribution in [-0.2, 0) is 20.2 Å². The second-order valence-corrected chi connectivity index (χ2v) is 12.8. The summed E-state index contributed by atoms with van der Waals surface area (Å²) in [6, 6.07) is 18.3. The smallest absolute Gasteiger partial charge is 0.296 e. The van der Waals surface area contributed by atoms with Crippen molar-refractivity contribution in [2.24, 2.45) is 25.6 Å². The number of hydrogen-bond acceptors (Lipinski definition) is 14. The van der Waals surface area contributed by atoms with Gasteiger partial charge in [0, 0.05) is 5.69 Å². The average molecular weight is 676 g/mol. The Bertz CT molecular complexity index is 2270. The number of fused-ring (bicyclic) bond motifs is 1. The number of rotatable bonds is 8. The van der Waals surface area contributed by atoms with E-state index in [9.17, 15) is 30.7 Å². The Labute approximate surface area is 267 Å². The minimum absolute atomic E-state index is 0.194. The van der Waals surface area contributed by atoms with Gasteiger partial charge in [0.2, 0.25) is 5.78 Å². The molecule has 0 radical (unpaired) electrons. The molecule has 0 amide bonds. The summed E-state index contributed by atoms with van der Waals surface area (Å²) in [5.74, 6) is -1.08. The van der Waals surface area contributed by atoms with Crippen LogP contribution in [0.2, 0.25) is 0 Å². The molecule has 0 atom stereocenters. The molecule has 4 aromatic carbocycles. The fraction of sp³-hybridized carbons (Fsp3) is 0.0345. The lowest BCUT2D eigenvalue weighted by Crippen LogP contribution is -2.28. The van der Waals surface area contributed by atoms with Gasteiger partial charge in [-0.05, 0) is 78.7 Å². The summed E-state index contributed by atoms with van der Waals surface area (Å²) >= 11 is 0. The first kappa shape index (κ1) is 32.6. The van der Waals surface area contributed by atoms with Gasteiger partial charge in [0.15, 0.2) is 5.71 Å². The van der Waals surface area contributed by atoms with Gasteiger partial charge in [0.1, 0.15) is 21.2 Å². The molecule has 1 aliphatic rings. The van der Waals surface area contributed by atoms with E-state index in [0.29, 0.717) is 28.4 Å². The normalized spacial score (nSPS) is 14.5. The number of azo groups is 2. The maximum absolute atomic E-state index is 13.6.